The SMILES string of the molecule is CCCC=C1CC(C(=O)OC)C[C@H]2OC(C)(OC)C(C)(OC)O[C@H]12. The Labute approximate surface area is 144 Å². The Balaban J connectivity index is 2.33. The van der Waals surface area contributed by atoms with Gasteiger partial charge in [-0.1, -0.05) is 19.4 Å². The highest BCUT2D eigenvalue weighted by Gasteiger charge is 2.58. The van der Waals surface area contributed by atoms with Gasteiger partial charge in [0.1, 0.15) is 6.10 Å². The number of carbonyl (C=O) groups is 1. The molecule has 1 aliphatic carbocycles. The van der Waals surface area contributed by atoms with Gasteiger partial charge in [0, 0.05) is 14.2 Å². The summed E-state index contributed by atoms with van der Waals surface area (Å²) in [4.78, 5) is 12.1. The summed E-state index contributed by atoms with van der Waals surface area (Å²) in [6, 6.07) is 0. The largest absolute Gasteiger partial charge is 0.469 e. The third-order valence-electron chi connectivity index (χ3n) is 5.26. The summed E-state index contributed by atoms with van der Waals surface area (Å²) < 4.78 is 28.7. The first-order valence-electron chi connectivity index (χ1n) is 8.56. The molecular formula is C18H30O6. The van der Waals surface area contributed by atoms with Crippen LogP contribution in [-0.2, 0) is 28.5 Å². The van der Waals surface area contributed by atoms with Gasteiger partial charge >= 0.3 is 5.97 Å². The van der Waals surface area contributed by atoms with E-state index in [0.29, 0.717) is 12.8 Å². The van der Waals surface area contributed by atoms with Crippen LogP contribution in [0.4, 0.5) is 0 Å². The van der Waals surface area contributed by atoms with E-state index < -0.39 is 11.6 Å². The normalized spacial score (nSPS) is 41.1. The number of hydrogen-bond donors (Lipinski definition) is 0. The summed E-state index contributed by atoms with van der Waals surface area (Å²) in [5, 5.41) is 0. The number of fused-ring (bicyclic) bond motifs is 1. The van der Waals surface area contributed by atoms with Crippen LogP contribution in [0, 0.1) is 5.92 Å². The molecule has 1 heterocycles. The number of methoxy groups -OCH3 is 3. The zero-order chi connectivity index (χ0) is 18.0. The van der Waals surface area contributed by atoms with Gasteiger partial charge in [-0.3, -0.25) is 4.79 Å². The lowest BCUT2D eigenvalue weighted by molar-refractivity contribution is -0.446. The molecule has 2 rings (SSSR count). The second-order valence-corrected chi connectivity index (χ2v) is 6.72. The quantitative estimate of drug-likeness (QED) is 0.565. The van der Waals surface area contributed by atoms with Gasteiger partial charge in [0.25, 0.3) is 0 Å². The molecule has 6 nitrogen and oxygen atoms in total. The molecular weight excluding hydrogens is 312 g/mol. The maximum Gasteiger partial charge on any atom is 0.309 e. The molecule has 0 aromatic carbocycles. The summed E-state index contributed by atoms with van der Waals surface area (Å²) in [5.41, 5.74) is 1.07. The second-order valence-electron chi connectivity index (χ2n) is 6.72. The van der Waals surface area contributed by atoms with Crippen LogP contribution in [0.1, 0.15) is 46.5 Å². The molecule has 0 aromatic rings. The van der Waals surface area contributed by atoms with Crippen LogP contribution in [0.5, 0.6) is 0 Å². The fourth-order valence-electron chi connectivity index (χ4n) is 3.48. The summed E-state index contributed by atoms with van der Waals surface area (Å²) >= 11 is 0. The highest BCUT2D eigenvalue weighted by Crippen LogP contribution is 2.46. The zero-order valence-electron chi connectivity index (χ0n) is 15.6. The molecule has 0 N–H and O–H groups in total. The van der Waals surface area contributed by atoms with Gasteiger partial charge in [-0.2, -0.15) is 0 Å². The Morgan fingerprint density at radius 2 is 1.83 bits per heavy atom. The van der Waals surface area contributed by atoms with E-state index in [4.69, 9.17) is 23.7 Å². The van der Waals surface area contributed by atoms with Gasteiger partial charge < -0.3 is 23.7 Å². The second kappa shape index (κ2) is 7.52. The summed E-state index contributed by atoms with van der Waals surface area (Å²) in [6.07, 6.45) is 4.76. The molecule has 0 radical (unpaired) electrons. The van der Waals surface area contributed by atoms with Crippen molar-refractivity contribution in [1.82, 2.24) is 0 Å². The van der Waals surface area contributed by atoms with Crippen molar-refractivity contribution in [1.29, 1.82) is 0 Å². The van der Waals surface area contributed by atoms with Crippen molar-refractivity contribution in [3.05, 3.63) is 11.6 Å². The Kier molecular flexibility index (Phi) is 6.07. The minimum atomic E-state index is -1.06. The van der Waals surface area contributed by atoms with Crippen molar-refractivity contribution in [2.75, 3.05) is 21.3 Å². The minimum Gasteiger partial charge on any atom is -0.469 e. The molecule has 1 saturated carbocycles. The van der Waals surface area contributed by atoms with Crippen LogP contribution in [0.2, 0.25) is 0 Å². The smallest absolute Gasteiger partial charge is 0.309 e. The minimum absolute atomic E-state index is 0.210. The first-order chi connectivity index (χ1) is 11.3. The molecule has 0 spiro atoms. The topological polar surface area (TPSA) is 63.2 Å². The molecule has 138 valence electrons. The van der Waals surface area contributed by atoms with E-state index in [2.05, 4.69) is 13.0 Å². The molecule has 1 saturated heterocycles. The van der Waals surface area contributed by atoms with Crippen LogP contribution in [-0.4, -0.2) is 51.1 Å². The number of carbonyl (C=O) groups excluding carboxylic acids is 1. The van der Waals surface area contributed by atoms with Gasteiger partial charge in [-0.15, -0.1) is 0 Å². The van der Waals surface area contributed by atoms with Gasteiger partial charge in [-0.05, 0) is 38.7 Å². The molecule has 3 unspecified atom stereocenters. The predicted octanol–water partition coefficient (Wildman–Crippen LogP) is 2.81. The number of rotatable bonds is 5. The zero-order valence-corrected chi connectivity index (χ0v) is 15.6. The van der Waals surface area contributed by atoms with Gasteiger partial charge in [0.2, 0.25) is 11.6 Å². The molecule has 1 aliphatic heterocycles. The molecule has 0 bridgehead atoms. The number of ether oxygens (including phenoxy) is 5. The molecule has 2 fully saturated rings. The van der Waals surface area contributed by atoms with E-state index >= 15 is 0 Å². The van der Waals surface area contributed by atoms with E-state index in [-0.39, 0.29) is 24.1 Å². The van der Waals surface area contributed by atoms with E-state index in [1.807, 2.05) is 6.92 Å². The van der Waals surface area contributed by atoms with Crippen LogP contribution in [0.3, 0.4) is 0 Å². The lowest BCUT2D eigenvalue weighted by Crippen LogP contribution is -2.66. The van der Waals surface area contributed by atoms with Gasteiger partial charge in [-0.25, -0.2) is 0 Å². The molecule has 2 aliphatic rings. The van der Waals surface area contributed by atoms with Crippen LogP contribution < -0.4 is 0 Å². The maximum absolute atomic E-state index is 12.1. The first kappa shape index (κ1) is 19.4. The van der Waals surface area contributed by atoms with Crippen LogP contribution >= 0.6 is 0 Å². The van der Waals surface area contributed by atoms with E-state index in [1.54, 1.807) is 21.1 Å². The molecule has 24 heavy (non-hydrogen) atoms. The highest BCUT2D eigenvalue weighted by molar-refractivity contribution is 5.73. The van der Waals surface area contributed by atoms with Crippen molar-refractivity contribution in [3.8, 4) is 0 Å². The Hall–Kier alpha value is -0.950. The average molecular weight is 342 g/mol. The van der Waals surface area contributed by atoms with E-state index in [0.717, 1.165) is 18.4 Å². The van der Waals surface area contributed by atoms with Crippen LogP contribution in [0.15, 0.2) is 11.6 Å². The van der Waals surface area contributed by atoms with Crippen molar-refractivity contribution in [2.24, 2.45) is 5.92 Å². The summed E-state index contributed by atoms with van der Waals surface area (Å²) in [7, 11) is 4.56. The third kappa shape index (κ3) is 3.38. The lowest BCUT2D eigenvalue weighted by Gasteiger charge is -2.54. The summed E-state index contributed by atoms with van der Waals surface area (Å²) in [5.74, 6) is -2.53. The fraction of sp³-hybridized carbons (Fsp3) is 0.833. The monoisotopic (exact) mass is 342 g/mol. The molecule has 0 amide bonds. The maximum atomic E-state index is 12.1. The standard InChI is InChI=1S/C18H30O6/c1-7-8-9-12-10-13(16(19)20-4)11-14-15(12)24-18(3,22-6)17(2,21-5)23-14/h9,13-15H,7-8,10-11H2,1-6H3/t13?,14-,15-,17?,18?/m1/s1. The van der Waals surface area contributed by atoms with Crippen molar-refractivity contribution in [3.63, 3.8) is 0 Å². The Morgan fingerprint density at radius 3 is 2.38 bits per heavy atom. The van der Waals surface area contributed by atoms with Gasteiger partial charge in [0.05, 0.1) is 19.1 Å². The number of unbranched alkanes of at least 4 members (excludes halogenated alkanes) is 1. The fourth-order valence-corrected chi connectivity index (χ4v) is 3.48. The number of esters is 1. The van der Waals surface area contributed by atoms with Crippen molar-refractivity contribution in [2.45, 2.75) is 70.2 Å². The third-order valence-corrected chi connectivity index (χ3v) is 5.26. The van der Waals surface area contributed by atoms with E-state index in [1.165, 1.54) is 7.11 Å². The molecule has 5 atom stereocenters. The van der Waals surface area contributed by atoms with Gasteiger partial charge in [0.15, 0.2) is 0 Å². The van der Waals surface area contributed by atoms with Crippen molar-refractivity contribution >= 4 is 5.97 Å². The molecule has 0 aromatic heterocycles. The average Bonchev–Trinajstić information content (AvgIpc) is 2.59. The number of allylic oxidation sites excluding steroid dienone is 1. The van der Waals surface area contributed by atoms with Crippen LogP contribution in [0.25, 0.3) is 0 Å². The van der Waals surface area contributed by atoms with Crippen molar-refractivity contribution < 1.29 is 28.5 Å². The highest BCUT2D eigenvalue weighted by atomic mass is 16.8. The molecule has 6 heteroatoms. The predicted molar refractivity (Wildman–Crippen MR) is 88.3 cm³/mol. The Bertz CT molecular complexity index is 490. The lowest BCUT2D eigenvalue weighted by atomic mass is 9.79. The number of hydrogen-bond acceptors (Lipinski definition) is 6. The Morgan fingerprint density at radius 1 is 1.21 bits per heavy atom. The first-order valence-corrected chi connectivity index (χ1v) is 8.56. The van der Waals surface area contributed by atoms with E-state index in [9.17, 15) is 4.79 Å². The summed E-state index contributed by atoms with van der Waals surface area (Å²) in [6.45, 7) is 5.73.